The molecule has 1 heterocycles. The van der Waals surface area contributed by atoms with Gasteiger partial charge in [-0.1, -0.05) is 50.9 Å². The van der Waals surface area contributed by atoms with Crippen LogP contribution in [0, 0.1) is 0 Å². The third-order valence-electron chi connectivity index (χ3n) is 3.13. The topological polar surface area (TPSA) is 22.1 Å². The Balaban J connectivity index is 0.00000400. The summed E-state index contributed by atoms with van der Waals surface area (Å²) < 4.78 is 42.9. The maximum Gasteiger partial charge on any atom is 1.00 e. The summed E-state index contributed by atoms with van der Waals surface area (Å²) in [4.78, 5) is 3.57. The standard InChI is InChI=1S/C14H22BF3NO.K/c1-2-3-4-5-6-7-8-9-20-14-10-13(11-19-12-14)15(16,17)18;/h10-12H,2-9H2,1H3;/q-1;+1. The zero-order valence-corrected chi connectivity index (χ0v) is 16.1. The van der Waals surface area contributed by atoms with Gasteiger partial charge >= 0.3 is 58.4 Å². The van der Waals surface area contributed by atoms with E-state index in [4.69, 9.17) is 4.74 Å². The van der Waals surface area contributed by atoms with Gasteiger partial charge in [0.2, 0.25) is 0 Å². The Morgan fingerprint density at radius 1 is 1.00 bits per heavy atom. The Hall–Kier alpha value is 0.441. The van der Waals surface area contributed by atoms with Crippen molar-refractivity contribution in [3.8, 4) is 5.75 Å². The first-order valence-electron chi connectivity index (χ1n) is 7.31. The summed E-state index contributed by atoms with van der Waals surface area (Å²) in [6, 6.07) is 1.02. The van der Waals surface area contributed by atoms with Crippen molar-refractivity contribution in [2.45, 2.75) is 51.9 Å². The van der Waals surface area contributed by atoms with Crippen LogP contribution >= 0.6 is 0 Å². The summed E-state index contributed by atoms with van der Waals surface area (Å²) in [5, 5.41) is 0. The van der Waals surface area contributed by atoms with Crippen molar-refractivity contribution in [2.75, 3.05) is 6.61 Å². The van der Waals surface area contributed by atoms with Crippen molar-refractivity contribution in [1.29, 1.82) is 0 Å². The Kier molecular flexibility index (Phi) is 12.2. The van der Waals surface area contributed by atoms with E-state index in [0.717, 1.165) is 31.5 Å². The molecule has 0 atom stereocenters. The van der Waals surface area contributed by atoms with E-state index >= 15 is 0 Å². The van der Waals surface area contributed by atoms with Gasteiger partial charge in [-0.15, -0.1) is 0 Å². The number of pyridine rings is 1. The Morgan fingerprint density at radius 2 is 1.62 bits per heavy atom. The van der Waals surface area contributed by atoms with Crippen molar-refractivity contribution in [3.63, 3.8) is 0 Å². The first-order valence-corrected chi connectivity index (χ1v) is 7.31. The maximum absolute atomic E-state index is 12.5. The average Bonchev–Trinajstić information content (AvgIpc) is 2.41. The zero-order valence-electron chi connectivity index (χ0n) is 13.0. The van der Waals surface area contributed by atoms with Crippen LogP contribution in [0.4, 0.5) is 12.9 Å². The summed E-state index contributed by atoms with van der Waals surface area (Å²) in [5.41, 5.74) is -0.706. The van der Waals surface area contributed by atoms with Gasteiger partial charge in [0.1, 0.15) is 5.75 Å². The van der Waals surface area contributed by atoms with Crippen molar-refractivity contribution in [2.24, 2.45) is 0 Å². The molecule has 1 rings (SSSR count). The monoisotopic (exact) mass is 327 g/mol. The molecule has 0 aromatic carbocycles. The fourth-order valence-electron chi connectivity index (χ4n) is 1.94. The van der Waals surface area contributed by atoms with Gasteiger partial charge in [0.05, 0.1) is 12.8 Å². The van der Waals surface area contributed by atoms with Gasteiger partial charge in [0, 0.05) is 6.20 Å². The summed E-state index contributed by atoms with van der Waals surface area (Å²) in [7, 11) is 0. The molecular weight excluding hydrogens is 305 g/mol. The van der Waals surface area contributed by atoms with Crippen LogP contribution in [-0.2, 0) is 0 Å². The van der Waals surface area contributed by atoms with E-state index in [1.807, 2.05) is 0 Å². The third-order valence-corrected chi connectivity index (χ3v) is 3.13. The van der Waals surface area contributed by atoms with Crippen LogP contribution in [0.15, 0.2) is 18.5 Å². The van der Waals surface area contributed by atoms with Crippen LogP contribution in [0.2, 0.25) is 0 Å². The molecule has 0 bridgehead atoms. The number of halogens is 3. The van der Waals surface area contributed by atoms with Gasteiger partial charge in [-0.2, -0.15) is 0 Å². The summed E-state index contributed by atoms with van der Waals surface area (Å²) >= 11 is 0. The van der Waals surface area contributed by atoms with Crippen molar-refractivity contribution in [1.82, 2.24) is 4.98 Å². The zero-order chi connectivity index (χ0) is 14.8. The van der Waals surface area contributed by atoms with Crippen LogP contribution in [0.25, 0.3) is 0 Å². The molecular formula is C14H22BF3KNO. The number of hydrogen-bond donors (Lipinski definition) is 0. The number of aromatic nitrogens is 1. The molecule has 0 N–H and O–H groups in total. The fourth-order valence-corrected chi connectivity index (χ4v) is 1.94. The van der Waals surface area contributed by atoms with E-state index in [0.29, 0.717) is 6.61 Å². The van der Waals surface area contributed by atoms with Gasteiger partial charge in [0.25, 0.3) is 0 Å². The number of unbranched alkanes of at least 4 members (excludes halogenated alkanes) is 6. The fraction of sp³-hybridized carbons (Fsp3) is 0.643. The predicted molar refractivity (Wildman–Crippen MR) is 76.4 cm³/mol. The van der Waals surface area contributed by atoms with Crippen molar-refractivity contribution in [3.05, 3.63) is 18.5 Å². The summed E-state index contributed by atoms with van der Waals surface area (Å²) in [6.07, 6.45) is 10.2. The molecule has 0 saturated heterocycles. The minimum absolute atomic E-state index is 0. The molecule has 0 aliphatic heterocycles. The molecule has 2 nitrogen and oxygen atoms in total. The molecule has 0 fully saturated rings. The smallest absolute Gasteiger partial charge is 0.492 e. The quantitative estimate of drug-likeness (QED) is 0.477. The molecule has 0 amide bonds. The molecule has 1 aromatic heterocycles. The van der Waals surface area contributed by atoms with Crippen molar-refractivity contribution >= 4 is 12.4 Å². The van der Waals surface area contributed by atoms with Gasteiger partial charge in [-0.3, -0.25) is 4.98 Å². The molecule has 0 aliphatic rings. The number of hydrogen-bond acceptors (Lipinski definition) is 2. The van der Waals surface area contributed by atoms with E-state index in [-0.39, 0.29) is 57.1 Å². The van der Waals surface area contributed by atoms with Gasteiger partial charge in [-0.05, 0) is 12.5 Å². The summed E-state index contributed by atoms with van der Waals surface area (Å²) in [6.45, 7) is -2.38. The van der Waals surface area contributed by atoms with Crippen LogP contribution in [0.3, 0.4) is 0 Å². The summed E-state index contributed by atoms with van der Waals surface area (Å²) in [5.74, 6) is 0.202. The molecule has 0 aliphatic carbocycles. The van der Waals surface area contributed by atoms with Crippen molar-refractivity contribution < 1.29 is 69.1 Å². The second-order valence-electron chi connectivity index (χ2n) is 5.00. The molecule has 0 saturated carbocycles. The van der Waals surface area contributed by atoms with Crippen LogP contribution in [-0.4, -0.2) is 18.6 Å². The van der Waals surface area contributed by atoms with Gasteiger partial charge in [-0.25, -0.2) is 0 Å². The molecule has 0 unspecified atom stereocenters. The third kappa shape index (κ3) is 9.94. The predicted octanol–water partition coefficient (Wildman–Crippen LogP) is 1.27. The average molecular weight is 327 g/mol. The second kappa shape index (κ2) is 11.9. The Morgan fingerprint density at radius 3 is 2.24 bits per heavy atom. The number of rotatable bonds is 10. The molecule has 21 heavy (non-hydrogen) atoms. The first kappa shape index (κ1) is 21.4. The minimum Gasteiger partial charge on any atom is -0.492 e. The van der Waals surface area contributed by atoms with E-state index in [2.05, 4.69) is 11.9 Å². The largest absolute Gasteiger partial charge is 1.00 e. The molecule has 7 heteroatoms. The van der Waals surface area contributed by atoms with E-state index < -0.39 is 12.4 Å². The van der Waals surface area contributed by atoms with E-state index in [9.17, 15) is 12.9 Å². The van der Waals surface area contributed by atoms with E-state index in [1.54, 1.807) is 0 Å². The maximum atomic E-state index is 12.5. The second-order valence-corrected chi connectivity index (χ2v) is 5.00. The SMILES string of the molecule is CCCCCCCCCOc1cncc([B-](F)(F)F)c1.[K+]. The van der Waals surface area contributed by atoms with Crippen LogP contribution < -0.4 is 61.6 Å². The number of ether oxygens (including phenoxy) is 1. The minimum atomic E-state index is -5.00. The Labute approximate surface area is 167 Å². The molecule has 1 aromatic rings. The molecule has 0 radical (unpaired) electrons. The molecule has 0 spiro atoms. The van der Waals surface area contributed by atoms with Gasteiger partial charge in [0.15, 0.2) is 0 Å². The van der Waals surface area contributed by atoms with E-state index in [1.165, 1.54) is 31.9 Å². The van der Waals surface area contributed by atoms with Crippen LogP contribution in [0.5, 0.6) is 5.75 Å². The van der Waals surface area contributed by atoms with Gasteiger partial charge < -0.3 is 17.7 Å². The Bertz CT molecular complexity index is 391. The normalized spacial score (nSPS) is 11.0. The number of nitrogens with zero attached hydrogens (tertiary/aromatic N) is 1. The first-order chi connectivity index (χ1) is 9.54. The van der Waals surface area contributed by atoms with Crippen LogP contribution in [0.1, 0.15) is 51.9 Å². The molecule has 114 valence electrons.